The Labute approximate surface area is 78.9 Å². The Kier molecular flexibility index (Phi) is 2.81. The summed E-state index contributed by atoms with van der Waals surface area (Å²) in [5.74, 6) is -2.68. The molecule has 0 amide bonds. The number of aromatic carboxylic acids is 1. The third-order valence-corrected chi connectivity index (χ3v) is 1.65. The van der Waals surface area contributed by atoms with Gasteiger partial charge in [-0.25, -0.2) is 9.18 Å². The van der Waals surface area contributed by atoms with Crippen molar-refractivity contribution in [2.75, 3.05) is 7.11 Å². The van der Waals surface area contributed by atoms with E-state index in [1.807, 2.05) is 0 Å². The molecule has 1 aromatic rings. The van der Waals surface area contributed by atoms with E-state index >= 15 is 0 Å². The van der Waals surface area contributed by atoms with Crippen LogP contribution in [-0.2, 0) is 0 Å². The Morgan fingerprint density at radius 1 is 1.57 bits per heavy atom. The highest BCUT2D eigenvalue weighted by Crippen LogP contribution is 2.22. The van der Waals surface area contributed by atoms with Crippen LogP contribution in [0.25, 0.3) is 0 Å². The van der Waals surface area contributed by atoms with Crippen molar-refractivity contribution in [1.82, 2.24) is 0 Å². The molecule has 1 aromatic carbocycles. The number of ether oxygens (including phenoxy) is 1. The molecule has 1 rings (SSSR count). The van der Waals surface area contributed by atoms with Crippen molar-refractivity contribution in [2.24, 2.45) is 0 Å². The molecule has 0 saturated carbocycles. The second kappa shape index (κ2) is 3.87. The lowest BCUT2D eigenvalue weighted by Crippen LogP contribution is -2.04. The maximum atomic E-state index is 13.2. The maximum absolute atomic E-state index is 13.2. The molecule has 0 heterocycles. The van der Waals surface area contributed by atoms with Gasteiger partial charge in [0.1, 0.15) is 6.29 Å². The van der Waals surface area contributed by atoms with Gasteiger partial charge in [0.2, 0.25) is 0 Å². The molecule has 14 heavy (non-hydrogen) atoms. The summed E-state index contributed by atoms with van der Waals surface area (Å²) in [6.45, 7) is 0. The van der Waals surface area contributed by atoms with E-state index in [1.54, 1.807) is 0 Å². The number of carboxylic acids is 1. The van der Waals surface area contributed by atoms with Gasteiger partial charge in [0.05, 0.1) is 12.7 Å². The Bertz CT molecular complexity index is 387. The molecule has 5 heteroatoms. The number of hydrogen-bond donors (Lipinski definition) is 1. The predicted molar refractivity (Wildman–Crippen MR) is 45.3 cm³/mol. The van der Waals surface area contributed by atoms with Gasteiger partial charge in [-0.2, -0.15) is 0 Å². The molecule has 0 radical (unpaired) electrons. The minimum Gasteiger partial charge on any atom is -0.494 e. The summed E-state index contributed by atoms with van der Waals surface area (Å²) in [5, 5.41) is 8.59. The van der Waals surface area contributed by atoms with Crippen LogP contribution in [0.2, 0.25) is 0 Å². The van der Waals surface area contributed by atoms with E-state index in [-0.39, 0.29) is 11.3 Å². The van der Waals surface area contributed by atoms with Crippen LogP contribution in [0.5, 0.6) is 5.75 Å². The van der Waals surface area contributed by atoms with Crippen molar-refractivity contribution in [2.45, 2.75) is 0 Å². The first kappa shape index (κ1) is 10.2. The summed E-state index contributed by atoms with van der Waals surface area (Å²) in [6.07, 6.45) is 0.425. The normalized spacial score (nSPS) is 9.57. The van der Waals surface area contributed by atoms with Gasteiger partial charge in [-0.3, -0.25) is 4.79 Å². The minimum atomic E-state index is -1.44. The zero-order valence-electron chi connectivity index (χ0n) is 7.28. The van der Waals surface area contributed by atoms with Crippen LogP contribution in [-0.4, -0.2) is 24.5 Å². The summed E-state index contributed by atoms with van der Waals surface area (Å²) in [6, 6.07) is 2.09. The van der Waals surface area contributed by atoms with Gasteiger partial charge in [0.15, 0.2) is 11.6 Å². The summed E-state index contributed by atoms with van der Waals surface area (Å²) >= 11 is 0. The zero-order chi connectivity index (χ0) is 10.7. The van der Waals surface area contributed by atoms with Crippen LogP contribution in [0.3, 0.4) is 0 Å². The lowest BCUT2D eigenvalue weighted by Gasteiger charge is -2.05. The van der Waals surface area contributed by atoms with Gasteiger partial charge < -0.3 is 9.84 Å². The number of rotatable bonds is 3. The second-order valence-corrected chi connectivity index (χ2v) is 2.51. The van der Waals surface area contributed by atoms with E-state index < -0.39 is 17.3 Å². The van der Waals surface area contributed by atoms with Crippen LogP contribution in [0.1, 0.15) is 20.7 Å². The monoisotopic (exact) mass is 198 g/mol. The molecule has 0 aromatic heterocycles. The van der Waals surface area contributed by atoms with Crippen LogP contribution in [0, 0.1) is 5.82 Å². The largest absolute Gasteiger partial charge is 0.494 e. The van der Waals surface area contributed by atoms with Crippen LogP contribution >= 0.6 is 0 Å². The average Bonchev–Trinajstić information content (AvgIpc) is 2.17. The summed E-state index contributed by atoms with van der Waals surface area (Å²) in [4.78, 5) is 20.9. The third kappa shape index (κ3) is 1.71. The van der Waals surface area contributed by atoms with Crippen molar-refractivity contribution in [3.05, 3.63) is 29.1 Å². The molecule has 0 aliphatic heterocycles. The highest BCUT2D eigenvalue weighted by atomic mass is 19.1. The topological polar surface area (TPSA) is 63.6 Å². The SMILES string of the molecule is COc1cc(C=O)cc(C(=O)O)c1F. The van der Waals surface area contributed by atoms with Crippen molar-refractivity contribution in [1.29, 1.82) is 0 Å². The fourth-order valence-electron chi connectivity index (χ4n) is 0.991. The Morgan fingerprint density at radius 2 is 2.21 bits per heavy atom. The summed E-state index contributed by atoms with van der Waals surface area (Å²) in [7, 11) is 1.19. The van der Waals surface area contributed by atoms with Gasteiger partial charge in [0.25, 0.3) is 0 Å². The number of aldehydes is 1. The average molecular weight is 198 g/mol. The molecular weight excluding hydrogens is 191 g/mol. The predicted octanol–water partition coefficient (Wildman–Crippen LogP) is 1.34. The van der Waals surface area contributed by atoms with Gasteiger partial charge in [-0.15, -0.1) is 0 Å². The lowest BCUT2D eigenvalue weighted by atomic mass is 10.1. The Hall–Kier alpha value is -1.91. The van der Waals surface area contributed by atoms with Gasteiger partial charge in [0, 0.05) is 5.56 Å². The lowest BCUT2D eigenvalue weighted by molar-refractivity contribution is 0.0691. The van der Waals surface area contributed by atoms with E-state index in [1.165, 1.54) is 7.11 Å². The van der Waals surface area contributed by atoms with E-state index in [0.717, 1.165) is 12.1 Å². The van der Waals surface area contributed by atoms with Crippen molar-refractivity contribution >= 4 is 12.3 Å². The minimum absolute atomic E-state index is 0.0562. The summed E-state index contributed by atoms with van der Waals surface area (Å²) in [5.41, 5.74) is -0.521. The number of carboxylic acid groups (broad SMARTS) is 1. The Balaban J connectivity index is 3.41. The van der Waals surface area contributed by atoms with E-state index in [4.69, 9.17) is 5.11 Å². The van der Waals surface area contributed by atoms with E-state index in [2.05, 4.69) is 4.74 Å². The molecule has 0 atom stereocenters. The van der Waals surface area contributed by atoms with Gasteiger partial charge >= 0.3 is 5.97 Å². The van der Waals surface area contributed by atoms with Crippen LogP contribution in [0.15, 0.2) is 12.1 Å². The van der Waals surface area contributed by atoms with Crippen molar-refractivity contribution in [3.8, 4) is 5.75 Å². The van der Waals surface area contributed by atoms with E-state index in [9.17, 15) is 14.0 Å². The highest BCUT2D eigenvalue weighted by molar-refractivity contribution is 5.91. The molecule has 0 saturated heterocycles. The quantitative estimate of drug-likeness (QED) is 0.744. The first-order valence-corrected chi connectivity index (χ1v) is 3.66. The number of methoxy groups -OCH3 is 1. The number of halogens is 1. The second-order valence-electron chi connectivity index (χ2n) is 2.51. The van der Waals surface area contributed by atoms with Crippen LogP contribution < -0.4 is 4.74 Å². The van der Waals surface area contributed by atoms with E-state index in [0.29, 0.717) is 6.29 Å². The van der Waals surface area contributed by atoms with Crippen LogP contribution in [0.4, 0.5) is 4.39 Å². The molecule has 0 spiro atoms. The summed E-state index contributed by atoms with van der Waals surface area (Å²) < 4.78 is 17.8. The maximum Gasteiger partial charge on any atom is 0.338 e. The molecular formula is C9H7FO4. The Morgan fingerprint density at radius 3 is 2.64 bits per heavy atom. The molecule has 4 nitrogen and oxygen atoms in total. The molecule has 0 aliphatic rings. The first-order valence-electron chi connectivity index (χ1n) is 3.66. The zero-order valence-corrected chi connectivity index (χ0v) is 7.28. The molecule has 1 N–H and O–H groups in total. The van der Waals surface area contributed by atoms with Crippen molar-refractivity contribution < 1.29 is 23.8 Å². The fourth-order valence-corrected chi connectivity index (χ4v) is 0.991. The fraction of sp³-hybridized carbons (Fsp3) is 0.111. The first-order chi connectivity index (χ1) is 6.60. The van der Waals surface area contributed by atoms with Gasteiger partial charge in [-0.05, 0) is 12.1 Å². The molecule has 0 bridgehead atoms. The van der Waals surface area contributed by atoms with Gasteiger partial charge in [-0.1, -0.05) is 0 Å². The number of carbonyl (C=O) groups excluding carboxylic acids is 1. The third-order valence-electron chi connectivity index (χ3n) is 1.65. The molecule has 0 aliphatic carbocycles. The standard InChI is InChI=1S/C9H7FO4/c1-14-7-3-5(4-11)2-6(8(7)10)9(12)13/h2-4H,1H3,(H,12,13). The molecule has 0 fully saturated rings. The number of hydrogen-bond acceptors (Lipinski definition) is 3. The molecule has 74 valence electrons. The van der Waals surface area contributed by atoms with Crippen molar-refractivity contribution in [3.63, 3.8) is 0 Å². The number of carbonyl (C=O) groups is 2. The molecule has 0 unspecified atom stereocenters. The smallest absolute Gasteiger partial charge is 0.338 e. The highest BCUT2D eigenvalue weighted by Gasteiger charge is 2.16. The number of benzene rings is 1.